The number of hydrogen-bond donors (Lipinski definition) is 2. The molecular formula is C13H15ClN2OS. The van der Waals surface area contributed by atoms with Gasteiger partial charge in [0, 0.05) is 28.6 Å². The number of thiazole rings is 1. The highest BCUT2D eigenvalue weighted by molar-refractivity contribution is 7.09. The van der Waals surface area contributed by atoms with Gasteiger partial charge >= 0.3 is 0 Å². The zero-order chi connectivity index (χ0) is 13.0. The van der Waals surface area contributed by atoms with Crippen LogP contribution < -0.4 is 5.32 Å². The third kappa shape index (κ3) is 3.29. The summed E-state index contributed by atoms with van der Waals surface area (Å²) in [4.78, 5) is 5.38. The second-order valence-electron chi connectivity index (χ2n) is 4.03. The van der Waals surface area contributed by atoms with Crippen LogP contribution in [-0.2, 0) is 6.54 Å². The first kappa shape index (κ1) is 13.5. The molecule has 0 saturated carbocycles. The lowest BCUT2D eigenvalue weighted by molar-refractivity contribution is 0.174. The largest absolute Gasteiger partial charge is 0.387 e. The van der Waals surface area contributed by atoms with E-state index in [1.165, 1.54) is 4.88 Å². The monoisotopic (exact) mass is 282 g/mol. The van der Waals surface area contributed by atoms with Crippen molar-refractivity contribution in [3.05, 3.63) is 50.9 Å². The lowest BCUT2D eigenvalue weighted by Crippen LogP contribution is -2.21. The van der Waals surface area contributed by atoms with Gasteiger partial charge in [0.1, 0.15) is 0 Å². The summed E-state index contributed by atoms with van der Waals surface area (Å²) in [7, 11) is 0. The Balaban J connectivity index is 1.87. The van der Waals surface area contributed by atoms with E-state index < -0.39 is 6.10 Å². The second kappa shape index (κ2) is 6.29. The molecule has 0 fully saturated rings. The number of nitrogens with zero attached hydrogens (tertiary/aromatic N) is 1. The predicted octanol–water partition coefficient (Wildman–Crippen LogP) is 2.93. The van der Waals surface area contributed by atoms with E-state index >= 15 is 0 Å². The second-order valence-corrected chi connectivity index (χ2v) is 5.38. The van der Waals surface area contributed by atoms with E-state index in [1.54, 1.807) is 17.4 Å². The molecule has 0 aliphatic heterocycles. The number of aromatic nitrogens is 1. The minimum Gasteiger partial charge on any atom is -0.387 e. The molecule has 0 saturated heterocycles. The van der Waals surface area contributed by atoms with E-state index in [0.717, 1.165) is 17.8 Å². The number of rotatable bonds is 5. The van der Waals surface area contributed by atoms with Crippen LogP contribution >= 0.6 is 22.9 Å². The summed E-state index contributed by atoms with van der Waals surface area (Å²) in [6, 6.07) is 7.35. The summed E-state index contributed by atoms with van der Waals surface area (Å²) < 4.78 is 0. The van der Waals surface area contributed by atoms with E-state index in [1.807, 2.05) is 30.6 Å². The normalized spacial score (nSPS) is 12.6. The third-order valence-electron chi connectivity index (χ3n) is 2.73. The van der Waals surface area contributed by atoms with Gasteiger partial charge in [-0.2, -0.15) is 0 Å². The van der Waals surface area contributed by atoms with Gasteiger partial charge in [-0.25, -0.2) is 4.98 Å². The molecule has 18 heavy (non-hydrogen) atoms. The van der Waals surface area contributed by atoms with Crippen molar-refractivity contribution < 1.29 is 5.11 Å². The number of benzene rings is 1. The molecule has 1 heterocycles. The molecule has 0 bridgehead atoms. The minimum atomic E-state index is -0.591. The Bertz CT molecular complexity index is 515. The summed E-state index contributed by atoms with van der Waals surface area (Å²) in [5.41, 5.74) is 3.63. The summed E-state index contributed by atoms with van der Waals surface area (Å²) in [6.07, 6.45) is -0.591. The molecule has 0 amide bonds. The van der Waals surface area contributed by atoms with Crippen LogP contribution in [0.1, 0.15) is 22.2 Å². The van der Waals surface area contributed by atoms with E-state index in [2.05, 4.69) is 10.3 Å². The Morgan fingerprint density at radius 2 is 2.22 bits per heavy atom. The Labute approximate surface area is 115 Å². The number of hydrogen-bond acceptors (Lipinski definition) is 4. The number of aliphatic hydroxyl groups is 1. The van der Waals surface area contributed by atoms with Gasteiger partial charge < -0.3 is 10.4 Å². The molecule has 5 heteroatoms. The van der Waals surface area contributed by atoms with Crippen molar-refractivity contribution in [2.45, 2.75) is 19.6 Å². The number of halogens is 1. The molecule has 1 aromatic heterocycles. The molecular weight excluding hydrogens is 268 g/mol. The molecule has 1 atom stereocenters. The highest BCUT2D eigenvalue weighted by Crippen LogP contribution is 2.22. The van der Waals surface area contributed by atoms with Gasteiger partial charge in [0.15, 0.2) is 0 Å². The van der Waals surface area contributed by atoms with Gasteiger partial charge in [0.05, 0.1) is 17.3 Å². The molecule has 1 unspecified atom stereocenters. The standard InChI is InChI=1S/C13H15ClN2OS/c1-9-13(18-8-16-9)7-15-6-12(17)10-4-2-3-5-11(10)14/h2-5,8,12,15,17H,6-7H2,1H3. The topological polar surface area (TPSA) is 45.2 Å². The van der Waals surface area contributed by atoms with Gasteiger partial charge in [0.25, 0.3) is 0 Å². The average Bonchev–Trinajstić information content (AvgIpc) is 2.75. The Morgan fingerprint density at radius 1 is 1.44 bits per heavy atom. The van der Waals surface area contributed by atoms with Gasteiger partial charge in [-0.1, -0.05) is 29.8 Å². The smallest absolute Gasteiger partial charge is 0.0928 e. The lowest BCUT2D eigenvalue weighted by atomic mass is 10.1. The number of aliphatic hydroxyl groups excluding tert-OH is 1. The Hall–Kier alpha value is -0.940. The molecule has 0 spiro atoms. The molecule has 96 valence electrons. The highest BCUT2D eigenvalue weighted by atomic mass is 35.5. The zero-order valence-corrected chi connectivity index (χ0v) is 11.6. The lowest BCUT2D eigenvalue weighted by Gasteiger charge is -2.13. The van der Waals surface area contributed by atoms with Crippen molar-refractivity contribution in [1.82, 2.24) is 10.3 Å². The first-order valence-electron chi connectivity index (χ1n) is 5.70. The van der Waals surface area contributed by atoms with Gasteiger partial charge in [-0.3, -0.25) is 0 Å². The van der Waals surface area contributed by atoms with E-state index in [-0.39, 0.29) is 0 Å². The first-order chi connectivity index (χ1) is 8.68. The van der Waals surface area contributed by atoms with Crippen LogP contribution in [0.5, 0.6) is 0 Å². The average molecular weight is 283 g/mol. The fourth-order valence-corrected chi connectivity index (χ4v) is 2.68. The fourth-order valence-electron chi connectivity index (χ4n) is 1.67. The van der Waals surface area contributed by atoms with Crippen molar-refractivity contribution in [3.63, 3.8) is 0 Å². The Kier molecular flexibility index (Phi) is 4.72. The maximum Gasteiger partial charge on any atom is 0.0928 e. The van der Waals surface area contributed by atoms with Gasteiger partial charge in [-0.05, 0) is 13.0 Å². The number of nitrogens with one attached hydrogen (secondary N) is 1. The number of aryl methyl sites for hydroxylation is 1. The molecule has 3 nitrogen and oxygen atoms in total. The maximum atomic E-state index is 10.0. The van der Waals surface area contributed by atoms with Gasteiger partial charge in [-0.15, -0.1) is 11.3 Å². The van der Waals surface area contributed by atoms with Crippen LogP contribution in [0.2, 0.25) is 5.02 Å². The molecule has 0 radical (unpaired) electrons. The summed E-state index contributed by atoms with van der Waals surface area (Å²) in [6.45, 7) is 3.18. The van der Waals surface area contributed by atoms with E-state index in [4.69, 9.17) is 11.6 Å². The SMILES string of the molecule is Cc1ncsc1CNCC(O)c1ccccc1Cl. The molecule has 0 aliphatic rings. The molecule has 2 aromatic rings. The van der Waals surface area contributed by atoms with Crippen LogP contribution in [0.3, 0.4) is 0 Å². The zero-order valence-electron chi connectivity index (χ0n) is 10.1. The minimum absolute atomic E-state index is 0.473. The quantitative estimate of drug-likeness (QED) is 0.886. The van der Waals surface area contributed by atoms with Crippen molar-refractivity contribution in [1.29, 1.82) is 0 Å². The van der Waals surface area contributed by atoms with Crippen LogP contribution in [0.15, 0.2) is 29.8 Å². The predicted molar refractivity (Wildman–Crippen MR) is 75.0 cm³/mol. The molecule has 0 aliphatic carbocycles. The van der Waals surface area contributed by atoms with Gasteiger partial charge in [0.2, 0.25) is 0 Å². The molecule has 2 N–H and O–H groups in total. The van der Waals surface area contributed by atoms with Crippen molar-refractivity contribution >= 4 is 22.9 Å². The van der Waals surface area contributed by atoms with Crippen LogP contribution in [0.25, 0.3) is 0 Å². The summed E-state index contributed by atoms with van der Waals surface area (Å²) >= 11 is 7.65. The highest BCUT2D eigenvalue weighted by Gasteiger charge is 2.10. The van der Waals surface area contributed by atoms with Crippen LogP contribution in [-0.4, -0.2) is 16.6 Å². The molecule has 1 aromatic carbocycles. The van der Waals surface area contributed by atoms with Crippen LogP contribution in [0.4, 0.5) is 0 Å². The summed E-state index contributed by atoms with van der Waals surface area (Å²) in [5.74, 6) is 0. The van der Waals surface area contributed by atoms with Crippen LogP contribution in [0, 0.1) is 6.92 Å². The van der Waals surface area contributed by atoms with Crippen molar-refractivity contribution in [3.8, 4) is 0 Å². The third-order valence-corrected chi connectivity index (χ3v) is 4.01. The Morgan fingerprint density at radius 3 is 2.89 bits per heavy atom. The maximum absolute atomic E-state index is 10.0. The molecule has 2 rings (SSSR count). The fraction of sp³-hybridized carbons (Fsp3) is 0.308. The van der Waals surface area contributed by atoms with Crippen molar-refractivity contribution in [2.75, 3.05) is 6.54 Å². The van der Waals surface area contributed by atoms with E-state index in [9.17, 15) is 5.11 Å². The first-order valence-corrected chi connectivity index (χ1v) is 6.96. The van der Waals surface area contributed by atoms with Crippen molar-refractivity contribution in [2.24, 2.45) is 0 Å². The van der Waals surface area contributed by atoms with E-state index in [0.29, 0.717) is 11.6 Å². The summed E-state index contributed by atoms with van der Waals surface area (Å²) in [5, 5.41) is 13.9.